The fourth-order valence-electron chi connectivity index (χ4n) is 1.80. The predicted octanol–water partition coefficient (Wildman–Crippen LogP) is 1.89. The lowest BCUT2D eigenvalue weighted by Gasteiger charge is -2.32. The van der Waals surface area contributed by atoms with Crippen LogP contribution in [0.1, 0.15) is 34.1 Å². The summed E-state index contributed by atoms with van der Waals surface area (Å²) in [5.41, 5.74) is -0.220. The number of hydrogen-bond acceptors (Lipinski definition) is 2. The van der Waals surface area contributed by atoms with Gasteiger partial charge in [0.05, 0.1) is 0 Å². The molecule has 0 aromatic rings. The van der Waals surface area contributed by atoms with Crippen LogP contribution < -0.4 is 5.09 Å². The molecule has 0 rings (SSSR count). The highest BCUT2D eigenvalue weighted by atomic mass is 31.0. The first-order valence-corrected chi connectivity index (χ1v) is 5.08. The fraction of sp³-hybridized carbons (Fsp3) is 0.889. The first-order chi connectivity index (χ1) is 5.81. The molecule has 0 aliphatic carbocycles. The number of carboxylic acid groups (broad SMARTS) is 1. The van der Waals surface area contributed by atoms with Crippen LogP contribution in [0.2, 0.25) is 0 Å². The van der Waals surface area contributed by atoms with E-state index in [-0.39, 0.29) is 5.41 Å². The first kappa shape index (κ1) is 12.9. The van der Waals surface area contributed by atoms with Gasteiger partial charge in [-0.1, -0.05) is 37.1 Å². The quantitative estimate of drug-likeness (QED) is 0.674. The van der Waals surface area contributed by atoms with Crippen LogP contribution in [0.5, 0.6) is 0 Å². The molecule has 0 radical (unpaired) electrons. The molecule has 0 saturated heterocycles. The van der Waals surface area contributed by atoms with Crippen molar-refractivity contribution in [2.45, 2.75) is 40.2 Å². The van der Waals surface area contributed by atoms with Gasteiger partial charge >= 0.3 is 5.97 Å². The van der Waals surface area contributed by atoms with Crippen LogP contribution >= 0.6 is 9.39 Å². The molecule has 0 aliphatic heterocycles. The number of aliphatic carboxylic acids is 1. The molecule has 13 heavy (non-hydrogen) atoms. The Labute approximate surface area is 82.6 Å². The number of hydrogen-bond donors (Lipinski definition) is 2. The van der Waals surface area contributed by atoms with Gasteiger partial charge in [-0.25, -0.2) is 0 Å². The monoisotopic (exact) mass is 205 g/mol. The van der Waals surface area contributed by atoms with Crippen LogP contribution in [0, 0.1) is 11.3 Å². The predicted molar refractivity (Wildman–Crippen MR) is 57.5 cm³/mol. The molecule has 0 heterocycles. The molecule has 0 saturated carbocycles. The van der Waals surface area contributed by atoms with Crippen molar-refractivity contribution >= 4 is 15.4 Å². The highest BCUT2D eigenvalue weighted by Crippen LogP contribution is 2.29. The fourth-order valence-corrected chi connectivity index (χ4v) is 2.39. The Balaban J connectivity index is 4.47. The highest BCUT2D eigenvalue weighted by Gasteiger charge is 2.34. The molecule has 2 unspecified atom stereocenters. The second kappa shape index (κ2) is 4.92. The van der Waals surface area contributed by atoms with Gasteiger partial charge in [0, 0.05) is 0 Å². The van der Waals surface area contributed by atoms with E-state index in [0.29, 0.717) is 5.92 Å². The van der Waals surface area contributed by atoms with Crippen LogP contribution in [-0.2, 0) is 4.79 Å². The third-order valence-electron chi connectivity index (χ3n) is 2.13. The molecule has 0 aliphatic rings. The number of carbonyl (C=O) groups is 1. The minimum absolute atomic E-state index is 0.220. The zero-order valence-electron chi connectivity index (χ0n) is 8.79. The lowest BCUT2D eigenvalue weighted by Crippen LogP contribution is -2.44. The zero-order valence-corrected chi connectivity index (χ0v) is 9.95. The van der Waals surface area contributed by atoms with E-state index in [1.165, 1.54) is 0 Å². The van der Waals surface area contributed by atoms with Gasteiger partial charge < -0.3 is 5.11 Å². The maximum Gasteiger partial charge on any atom is 0.321 e. The molecule has 0 spiro atoms. The molecule has 3 nitrogen and oxygen atoms in total. The van der Waals surface area contributed by atoms with Crippen molar-refractivity contribution in [3.63, 3.8) is 0 Å². The summed E-state index contributed by atoms with van der Waals surface area (Å²) in [6, 6.07) is -0.500. The van der Waals surface area contributed by atoms with Crippen molar-refractivity contribution in [3.8, 4) is 0 Å². The molecule has 4 heteroatoms. The average molecular weight is 205 g/mol. The highest BCUT2D eigenvalue weighted by molar-refractivity contribution is 7.13. The van der Waals surface area contributed by atoms with Crippen molar-refractivity contribution in [1.29, 1.82) is 0 Å². The smallest absolute Gasteiger partial charge is 0.321 e. The Morgan fingerprint density at radius 1 is 1.54 bits per heavy atom. The Bertz CT molecular complexity index is 180. The topological polar surface area (TPSA) is 49.3 Å². The number of carboxylic acids is 1. The summed E-state index contributed by atoms with van der Waals surface area (Å²) in [7, 11) is 2.28. The van der Waals surface area contributed by atoms with Crippen LogP contribution in [0.3, 0.4) is 0 Å². The molecular formula is C9H20NO2P. The lowest BCUT2D eigenvalue weighted by atomic mass is 9.78. The molecule has 78 valence electrons. The van der Waals surface area contributed by atoms with E-state index in [0.717, 1.165) is 6.42 Å². The minimum atomic E-state index is -0.791. The van der Waals surface area contributed by atoms with Gasteiger partial charge in [0.25, 0.3) is 0 Å². The van der Waals surface area contributed by atoms with Crippen LogP contribution in [0.25, 0.3) is 0 Å². The van der Waals surface area contributed by atoms with Crippen molar-refractivity contribution in [2.75, 3.05) is 0 Å². The summed E-state index contributed by atoms with van der Waals surface area (Å²) in [5.74, 6) is -0.282. The third kappa shape index (κ3) is 4.06. The van der Waals surface area contributed by atoms with Crippen LogP contribution in [-0.4, -0.2) is 17.1 Å². The zero-order chi connectivity index (χ0) is 10.6. The van der Waals surface area contributed by atoms with E-state index in [4.69, 9.17) is 5.11 Å². The van der Waals surface area contributed by atoms with Gasteiger partial charge in [0.2, 0.25) is 0 Å². The standard InChI is InChI=1S/C9H20NO2P/c1-6(2)5-9(3,4)7(10-13)8(11)12/h6-7,10H,5,13H2,1-4H3,(H,11,12). The molecule has 0 bridgehead atoms. The average Bonchev–Trinajstić information content (AvgIpc) is 1.82. The van der Waals surface area contributed by atoms with Gasteiger partial charge in [-0.05, 0) is 17.8 Å². The molecule has 0 amide bonds. The van der Waals surface area contributed by atoms with E-state index >= 15 is 0 Å². The van der Waals surface area contributed by atoms with Gasteiger partial charge in [0.15, 0.2) is 0 Å². The van der Waals surface area contributed by atoms with Crippen molar-refractivity contribution in [3.05, 3.63) is 0 Å². The summed E-state index contributed by atoms with van der Waals surface area (Å²) >= 11 is 0. The maximum atomic E-state index is 10.9. The second-order valence-corrected chi connectivity index (χ2v) is 4.86. The summed E-state index contributed by atoms with van der Waals surface area (Å²) in [4.78, 5) is 10.9. The van der Waals surface area contributed by atoms with Crippen LogP contribution in [0.15, 0.2) is 0 Å². The SMILES string of the molecule is CC(C)CC(C)(C)C(NP)C(=O)O. The van der Waals surface area contributed by atoms with Crippen molar-refractivity contribution in [1.82, 2.24) is 5.09 Å². The first-order valence-electron chi connectivity index (χ1n) is 4.50. The van der Waals surface area contributed by atoms with Gasteiger partial charge in [-0.3, -0.25) is 9.88 Å². The number of nitrogens with one attached hydrogen (secondary N) is 1. The molecular weight excluding hydrogens is 185 g/mol. The Morgan fingerprint density at radius 3 is 2.23 bits per heavy atom. The van der Waals surface area contributed by atoms with E-state index < -0.39 is 12.0 Å². The molecule has 0 fully saturated rings. The molecule has 2 atom stereocenters. The summed E-state index contributed by atoms with van der Waals surface area (Å²) in [6.07, 6.45) is 0.894. The molecule has 2 N–H and O–H groups in total. The summed E-state index contributed by atoms with van der Waals surface area (Å²) < 4.78 is 0. The summed E-state index contributed by atoms with van der Waals surface area (Å²) in [6.45, 7) is 8.15. The second-order valence-electron chi connectivity index (χ2n) is 4.52. The van der Waals surface area contributed by atoms with E-state index in [1.807, 2.05) is 13.8 Å². The third-order valence-corrected chi connectivity index (χ3v) is 2.46. The van der Waals surface area contributed by atoms with Gasteiger partial charge in [-0.2, -0.15) is 0 Å². The maximum absolute atomic E-state index is 10.9. The Morgan fingerprint density at radius 2 is 2.00 bits per heavy atom. The molecule has 0 aromatic heterocycles. The van der Waals surface area contributed by atoms with E-state index in [1.54, 1.807) is 0 Å². The van der Waals surface area contributed by atoms with E-state index in [2.05, 4.69) is 28.3 Å². The van der Waals surface area contributed by atoms with Crippen molar-refractivity contribution < 1.29 is 9.90 Å². The number of rotatable bonds is 5. The van der Waals surface area contributed by atoms with Gasteiger partial charge in [-0.15, -0.1) is 0 Å². The van der Waals surface area contributed by atoms with Crippen molar-refractivity contribution in [2.24, 2.45) is 11.3 Å². The van der Waals surface area contributed by atoms with Crippen LogP contribution in [0.4, 0.5) is 0 Å². The largest absolute Gasteiger partial charge is 0.480 e. The normalized spacial score (nSPS) is 14.6. The van der Waals surface area contributed by atoms with Gasteiger partial charge in [0.1, 0.15) is 6.04 Å². The minimum Gasteiger partial charge on any atom is -0.480 e. The lowest BCUT2D eigenvalue weighted by molar-refractivity contribution is -0.142. The van der Waals surface area contributed by atoms with E-state index in [9.17, 15) is 4.79 Å². The Hall–Kier alpha value is -0.140. The summed E-state index contributed by atoms with van der Waals surface area (Å²) in [5, 5.41) is 11.7. The Kier molecular flexibility index (Phi) is 4.87. The molecule has 0 aromatic carbocycles.